The summed E-state index contributed by atoms with van der Waals surface area (Å²) in [6.45, 7) is 5.49. The second-order valence-corrected chi connectivity index (χ2v) is 8.61. The van der Waals surface area contributed by atoms with E-state index in [1.807, 2.05) is 42.5 Å². The molecule has 0 spiro atoms. The summed E-state index contributed by atoms with van der Waals surface area (Å²) in [6, 6.07) is 7.82. The Kier molecular flexibility index (Phi) is 4.16. The standard InChI is InChI=1S/C21H23N3O2S/c1-12-7-8-15-18(9-12)27-21-19(15)20(23-13(2)24-21)22-10-14-11-25-16-5-3-4-6-17(16)26-14/h3-6,12,14H,7-11H2,1-2H3,(H,22,23,24). The zero-order chi connectivity index (χ0) is 18.4. The third-order valence-corrected chi connectivity index (χ3v) is 6.48. The summed E-state index contributed by atoms with van der Waals surface area (Å²) in [5, 5.41) is 4.74. The molecule has 1 aliphatic heterocycles. The zero-order valence-electron chi connectivity index (χ0n) is 15.6. The number of anilines is 1. The van der Waals surface area contributed by atoms with Crippen LogP contribution in [0, 0.1) is 12.8 Å². The molecule has 27 heavy (non-hydrogen) atoms. The van der Waals surface area contributed by atoms with E-state index in [0.717, 1.165) is 46.7 Å². The van der Waals surface area contributed by atoms with Gasteiger partial charge in [-0.05, 0) is 49.8 Å². The van der Waals surface area contributed by atoms with Gasteiger partial charge in [-0.3, -0.25) is 0 Å². The van der Waals surface area contributed by atoms with Crippen molar-refractivity contribution in [2.24, 2.45) is 5.92 Å². The van der Waals surface area contributed by atoms with Gasteiger partial charge in [-0.2, -0.15) is 0 Å². The van der Waals surface area contributed by atoms with Gasteiger partial charge in [0, 0.05) is 4.88 Å². The van der Waals surface area contributed by atoms with Crippen molar-refractivity contribution >= 4 is 27.4 Å². The van der Waals surface area contributed by atoms with Crippen molar-refractivity contribution in [1.82, 2.24) is 9.97 Å². The van der Waals surface area contributed by atoms with E-state index in [-0.39, 0.29) is 6.10 Å². The number of benzene rings is 1. The molecule has 5 rings (SSSR count). The molecule has 0 radical (unpaired) electrons. The second-order valence-electron chi connectivity index (χ2n) is 7.53. The minimum absolute atomic E-state index is 0.0419. The maximum atomic E-state index is 6.08. The van der Waals surface area contributed by atoms with Gasteiger partial charge in [0.1, 0.15) is 29.2 Å². The Morgan fingerprint density at radius 1 is 1.22 bits per heavy atom. The highest BCUT2D eigenvalue weighted by atomic mass is 32.1. The van der Waals surface area contributed by atoms with Crippen molar-refractivity contribution in [3.8, 4) is 11.5 Å². The van der Waals surface area contributed by atoms with Crippen LogP contribution < -0.4 is 14.8 Å². The first-order valence-corrected chi connectivity index (χ1v) is 10.4. The van der Waals surface area contributed by atoms with Crippen LogP contribution in [0.2, 0.25) is 0 Å². The third-order valence-electron chi connectivity index (χ3n) is 5.33. The number of thiophene rings is 1. The predicted octanol–water partition coefficient (Wildman–Crippen LogP) is 4.38. The lowest BCUT2D eigenvalue weighted by molar-refractivity contribution is 0.0997. The number of hydrogen-bond donors (Lipinski definition) is 1. The van der Waals surface area contributed by atoms with E-state index in [0.29, 0.717) is 13.2 Å². The van der Waals surface area contributed by atoms with E-state index < -0.39 is 0 Å². The fourth-order valence-corrected chi connectivity index (χ4v) is 5.38. The summed E-state index contributed by atoms with van der Waals surface area (Å²) in [7, 11) is 0. The maximum Gasteiger partial charge on any atom is 0.161 e. The summed E-state index contributed by atoms with van der Waals surface area (Å²) < 4.78 is 11.9. The van der Waals surface area contributed by atoms with Gasteiger partial charge in [0.15, 0.2) is 11.5 Å². The first-order valence-electron chi connectivity index (χ1n) is 9.58. The van der Waals surface area contributed by atoms with Gasteiger partial charge in [0.2, 0.25) is 0 Å². The van der Waals surface area contributed by atoms with Gasteiger partial charge in [0.05, 0.1) is 11.9 Å². The minimum Gasteiger partial charge on any atom is -0.486 e. The van der Waals surface area contributed by atoms with Crippen LogP contribution in [-0.4, -0.2) is 29.2 Å². The Hall–Kier alpha value is -2.34. The van der Waals surface area contributed by atoms with Gasteiger partial charge < -0.3 is 14.8 Å². The van der Waals surface area contributed by atoms with E-state index in [1.165, 1.54) is 22.2 Å². The Morgan fingerprint density at radius 2 is 2.07 bits per heavy atom. The fraction of sp³-hybridized carbons (Fsp3) is 0.429. The molecular weight excluding hydrogens is 358 g/mol. The number of para-hydroxylation sites is 2. The largest absolute Gasteiger partial charge is 0.486 e. The predicted molar refractivity (Wildman–Crippen MR) is 108 cm³/mol. The SMILES string of the molecule is Cc1nc(NCC2COc3ccccc3O2)c2c3c(sc2n1)CC(C)CC3. The van der Waals surface area contributed by atoms with E-state index in [2.05, 4.69) is 12.2 Å². The van der Waals surface area contributed by atoms with Gasteiger partial charge >= 0.3 is 0 Å². The molecule has 2 atom stereocenters. The molecule has 6 heteroatoms. The third kappa shape index (κ3) is 3.12. The molecule has 0 saturated heterocycles. The molecule has 2 unspecified atom stereocenters. The molecule has 0 saturated carbocycles. The van der Waals surface area contributed by atoms with Crippen molar-refractivity contribution in [1.29, 1.82) is 0 Å². The Bertz CT molecular complexity index is 1000. The lowest BCUT2D eigenvalue weighted by atomic mass is 9.89. The van der Waals surface area contributed by atoms with Crippen LogP contribution in [0.5, 0.6) is 11.5 Å². The van der Waals surface area contributed by atoms with Crippen LogP contribution >= 0.6 is 11.3 Å². The van der Waals surface area contributed by atoms with Crippen LogP contribution in [-0.2, 0) is 12.8 Å². The molecule has 1 N–H and O–H groups in total. The van der Waals surface area contributed by atoms with E-state index in [1.54, 1.807) is 0 Å². The molecule has 140 valence electrons. The van der Waals surface area contributed by atoms with E-state index in [4.69, 9.17) is 19.4 Å². The highest BCUT2D eigenvalue weighted by molar-refractivity contribution is 7.19. The van der Waals surface area contributed by atoms with Crippen molar-refractivity contribution in [3.05, 3.63) is 40.5 Å². The summed E-state index contributed by atoms with van der Waals surface area (Å²) >= 11 is 1.84. The molecular formula is C21H23N3O2S. The number of ether oxygens (including phenoxy) is 2. The average Bonchev–Trinajstić information content (AvgIpc) is 3.02. The summed E-state index contributed by atoms with van der Waals surface area (Å²) in [5.41, 5.74) is 1.45. The number of rotatable bonds is 3. The number of aryl methyl sites for hydroxylation is 2. The lowest BCUT2D eigenvalue weighted by Crippen LogP contribution is -2.35. The van der Waals surface area contributed by atoms with Crippen molar-refractivity contribution in [2.45, 2.75) is 39.2 Å². The summed E-state index contributed by atoms with van der Waals surface area (Å²) in [5.74, 6) is 4.12. The normalized spacial score (nSPS) is 21.1. The molecule has 1 aliphatic carbocycles. The Morgan fingerprint density at radius 3 is 2.96 bits per heavy atom. The number of nitrogens with one attached hydrogen (secondary N) is 1. The second kappa shape index (κ2) is 6.68. The number of hydrogen-bond acceptors (Lipinski definition) is 6. The van der Waals surface area contributed by atoms with Crippen LogP contribution in [0.4, 0.5) is 5.82 Å². The highest BCUT2D eigenvalue weighted by Crippen LogP contribution is 2.40. The van der Waals surface area contributed by atoms with E-state index >= 15 is 0 Å². The highest BCUT2D eigenvalue weighted by Gasteiger charge is 2.25. The Labute approximate surface area is 162 Å². The molecule has 5 nitrogen and oxygen atoms in total. The van der Waals surface area contributed by atoms with Crippen molar-refractivity contribution < 1.29 is 9.47 Å². The molecule has 1 aromatic carbocycles. The van der Waals surface area contributed by atoms with Crippen LogP contribution in [0.25, 0.3) is 10.2 Å². The fourth-order valence-electron chi connectivity index (χ4n) is 3.95. The quantitative estimate of drug-likeness (QED) is 0.730. The lowest BCUT2D eigenvalue weighted by Gasteiger charge is -2.27. The van der Waals surface area contributed by atoms with Crippen LogP contribution in [0.15, 0.2) is 24.3 Å². The number of fused-ring (bicyclic) bond motifs is 4. The van der Waals surface area contributed by atoms with Crippen LogP contribution in [0.3, 0.4) is 0 Å². The first-order chi connectivity index (χ1) is 13.2. The molecule has 2 aromatic heterocycles. The number of aromatic nitrogens is 2. The first kappa shape index (κ1) is 16.8. The monoisotopic (exact) mass is 381 g/mol. The molecule has 0 fully saturated rings. The van der Waals surface area contributed by atoms with Crippen molar-refractivity contribution in [3.63, 3.8) is 0 Å². The smallest absolute Gasteiger partial charge is 0.161 e. The summed E-state index contributed by atoms with van der Waals surface area (Å²) in [6.07, 6.45) is 3.47. The molecule has 3 aromatic rings. The topological polar surface area (TPSA) is 56.3 Å². The molecule has 0 bridgehead atoms. The van der Waals surface area contributed by atoms with Gasteiger partial charge in [-0.15, -0.1) is 11.3 Å². The molecule has 3 heterocycles. The van der Waals surface area contributed by atoms with Crippen LogP contribution in [0.1, 0.15) is 29.6 Å². The Balaban J connectivity index is 1.41. The number of nitrogens with zero attached hydrogens (tertiary/aromatic N) is 2. The van der Waals surface area contributed by atoms with Crippen molar-refractivity contribution in [2.75, 3.05) is 18.5 Å². The van der Waals surface area contributed by atoms with Gasteiger partial charge in [-0.1, -0.05) is 19.1 Å². The zero-order valence-corrected chi connectivity index (χ0v) is 16.4. The molecule has 2 aliphatic rings. The summed E-state index contributed by atoms with van der Waals surface area (Å²) in [4.78, 5) is 12.0. The minimum atomic E-state index is -0.0419. The van der Waals surface area contributed by atoms with E-state index in [9.17, 15) is 0 Å². The van der Waals surface area contributed by atoms with Gasteiger partial charge in [-0.25, -0.2) is 9.97 Å². The molecule has 0 amide bonds. The average molecular weight is 382 g/mol. The maximum absolute atomic E-state index is 6.08. The van der Waals surface area contributed by atoms with Gasteiger partial charge in [0.25, 0.3) is 0 Å².